The van der Waals surface area contributed by atoms with Crippen LogP contribution in [0.15, 0.2) is 30.3 Å². The van der Waals surface area contributed by atoms with Gasteiger partial charge in [-0.2, -0.15) is 4.68 Å². The standard InChI is InChI=1S/C17H24N6/c1-14-6-5-11-22(14)15-9-12-21(13-10-15)17-18-19-20-23(17)16-7-3-2-4-8-16/h2-4,7-8,14-15H,5-6,9-13H2,1H3. The molecule has 0 N–H and O–H groups in total. The lowest BCUT2D eigenvalue weighted by Crippen LogP contribution is -2.46. The smallest absolute Gasteiger partial charge is 0.250 e. The van der Waals surface area contributed by atoms with Crippen LogP contribution in [0.4, 0.5) is 5.95 Å². The normalized spacial score (nSPS) is 23.5. The van der Waals surface area contributed by atoms with Gasteiger partial charge in [0.15, 0.2) is 0 Å². The molecule has 0 radical (unpaired) electrons. The van der Waals surface area contributed by atoms with E-state index >= 15 is 0 Å². The zero-order valence-corrected chi connectivity index (χ0v) is 13.7. The van der Waals surface area contributed by atoms with E-state index < -0.39 is 0 Å². The van der Waals surface area contributed by atoms with Gasteiger partial charge in [-0.25, -0.2) is 0 Å². The predicted octanol–water partition coefficient (Wildman–Crippen LogP) is 2.12. The van der Waals surface area contributed by atoms with Crippen molar-refractivity contribution in [3.8, 4) is 5.69 Å². The number of nitrogens with zero attached hydrogens (tertiary/aromatic N) is 6. The van der Waals surface area contributed by atoms with Gasteiger partial charge >= 0.3 is 0 Å². The molecule has 1 atom stereocenters. The van der Waals surface area contributed by atoms with Crippen molar-refractivity contribution in [2.75, 3.05) is 24.5 Å². The summed E-state index contributed by atoms with van der Waals surface area (Å²) in [5, 5.41) is 12.3. The fourth-order valence-electron chi connectivity index (χ4n) is 4.01. The fraction of sp³-hybridized carbons (Fsp3) is 0.588. The molecule has 0 amide bonds. The molecule has 2 aliphatic rings. The number of hydrogen-bond donors (Lipinski definition) is 0. The molecular weight excluding hydrogens is 288 g/mol. The molecule has 0 bridgehead atoms. The van der Waals surface area contributed by atoms with E-state index in [0.29, 0.717) is 0 Å². The van der Waals surface area contributed by atoms with E-state index in [4.69, 9.17) is 0 Å². The Morgan fingerprint density at radius 3 is 2.48 bits per heavy atom. The van der Waals surface area contributed by atoms with Crippen molar-refractivity contribution in [1.29, 1.82) is 0 Å². The minimum atomic E-state index is 0.727. The average molecular weight is 312 g/mol. The van der Waals surface area contributed by atoms with Gasteiger partial charge in [0, 0.05) is 25.2 Å². The number of rotatable bonds is 3. The summed E-state index contributed by atoms with van der Waals surface area (Å²) < 4.78 is 1.85. The van der Waals surface area contributed by atoms with Crippen molar-refractivity contribution >= 4 is 5.95 Å². The Labute approximate surface area is 137 Å². The van der Waals surface area contributed by atoms with E-state index in [2.05, 4.69) is 32.2 Å². The van der Waals surface area contributed by atoms with Gasteiger partial charge in [-0.1, -0.05) is 23.3 Å². The molecule has 1 aromatic carbocycles. The van der Waals surface area contributed by atoms with E-state index in [-0.39, 0.29) is 0 Å². The van der Waals surface area contributed by atoms with Crippen LogP contribution in [0.2, 0.25) is 0 Å². The minimum absolute atomic E-state index is 0.727. The molecule has 2 fully saturated rings. The Kier molecular flexibility index (Phi) is 3.99. The molecule has 2 aliphatic heterocycles. The van der Waals surface area contributed by atoms with Crippen molar-refractivity contribution < 1.29 is 0 Å². The van der Waals surface area contributed by atoms with Crippen LogP contribution in [0.1, 0.15) is 32.6 Å². The monoisotopic (exact) mass is 312 g/mol. The number of aromatic nitrogens is 4. The molecule has 1 unspecified atom stereocenters. The summed E-state index contributed by atoms with van der Waals surface area (Å²) in [7, 11) is 0. The minimum Gasteiger partial charge on any atom is -0.339 e. The SMILES string of the molecule is CC1CCCN1C1CCN(c2nnnn2-c2ccccc2)CC1. The van der Waals surface area contributed by atoms with E-state index in [9.17, 15) is 0 Å². The molecule has 6 nitrogen and oxygen atoms in total. The maximum Gasteiger partial charge on any atom is 0.250 e. The predicted molar refractivity (Wildman–Crippen MR) is 89.8 cm³/mol. The molecular formula is C17H24N6. The Morgan fingerprint density at radius 2 is 1.78 bits per heavy atom. The quantitative estimate of drug-likeness (QED) is 0.869. The third-order valence-corrected chi connectivity index (χ3v) is 5.27. The second-order valence-electron chi connectivity index (χ2n) is 6.67. The van der Waals surface area contributed by atoms with Gasteiger partial charge < -0.3 is 4.90 Å². The van der Waals surface area contributed by atoms with Crippen LogP contribution in [-0.2, 0) is 0 Å². The Hall–Kier alpha value is -1.95. The number of hydrogen-bond acceptors (Lipinski definition) is 5. The molecule has 1 aromatic heterocycles. The third kappa shape index (κ3) is 2.83. The summed E-state index contributed by atoms with van der Waals surface area (Å²) >= 11 is 0. The van der Waals surface area contributed by atoms with Crippen LogP contribution >= 0.6 is 0 Å². The van der Waals surface area contributed by atoms with Crippen LogP contribution in [0.25, 0.3) is 5.69 Å². The molecule has 23 heavy (non-hydrogen) atoms. The summed E-state index contributed by atoms with van der Waals surface area (Å²) in [5.74, 6) is 0.865. The van der Waals surface area contributed by atoms with Gasteiger partial charge in [0.2, 0.25) is 5.95 Å². The van der Waals surface area contributed by atoms with Crippen LogP contribution < -0.4 is 4.90 Å². The van der Waals surface area contributed by atoms with Crippen molar-refractivity contribution in [3.05, 3.63) is 30.3 Å². The number of benzene rings is 1. The molecule has 6 heteroatoms. The van der Waals surface area contributed by atoms with Crippen molar-refractivity contribution in [2.45, 2.75) is 44.7 Å². The first-order chi connectivity index (χ1) is 11.3. The number of piperidine rings is 1. The molecule has 0 saturated carbocycles. The van der Waals surface area contributed by atoms with Crippen LogP contribution in [0.5, 0.6) is 0 Å². The summed E-state index contributed by atoms with van der Waals surface area (Å²) in [5.41, 5.74) is 1.02. The highest BCUT2D eigenvalue weighted by molar-refractivity contribution is 5.40. The van der Waals surface area contributed by atoms with Crippen LogP contribution in [-0.4, -0.2) is 56.8 Å². The van der Waals surface area contributed by atoms with E-state index in [0.717, 1.165) is 36.8 Å². The summed E-state index contributed by atoms with van der Waals surface area (Å²) in [6.07, 6.45) is 5.11. The number of anilines is 1. The van der Waals surface area contributed by atoms with Gasteiger partial charge in [-0.05, 0) is 61.7 Å². The zero-order valence-electron chi connectivity index (χ0n) is 13.7. The third-order valence-electron chi connectivity index (χ3n) is 5.27. The van der Waals surface area contributed by atoms with Gasteiger partial charge in [0.1, 0.15) is 0 Å². The second kappa shape index (κ2) is 6.28. The highest BCUT2D eigenvalue weighted by Crippen LogP contribution is 2.27. The number of tetrazole rings is 1. The highest BCUT2D eigenvalue weighted by Gasteiger charge is 2.31. The molecule has 3 heterocycles. The van der Waals surface area contributed by atoms with Gasteiger partial charge in [0.05, 0.1) is 5.69 Å². The molecule has 122 valence electrons. The molecule has 2 saturated heterocycles. The summed E-state index contributed by atoms with van der Waals surface area (Å²) in [4.78, 5) is 5.03. The Morgan fingerprint density at radius 1 is 1.00 bits per heavy atom. The first kappa shape index (κ1) is 14.6. The zero-order chi connectivity index (χ0) is 15.6. The Balaban J connectivity index is 1.46. The lowest BCUT2D eigenvalue weighted by atomic mass is 10.0. The lowest BCUT2D eigenvalue weighted by molar-refractivity contribution is 0.162. The second-order valence-corrected chi connectivity index (χ2v) is 6.67. The van der Waals surface area contributed by atoms with Crippen molar-refractivity contribution in [2.24, 2.45) is 0 Å². The van der Waals surface area contributed by atoms with Gasteiger partial charge in [0.25, 0.3) is 0 Å². The Bertz CT molecular complexity index is 632. The first-order valence-electron chi connectivity index (χ1n) is 8.67. The lowest BCUT2D eigenvalue weighted by Gasteiger charge is -2.38. The fourth-order valence-corrected chi connectivity index (χ4v) is 4.01. The van der Waals surface area contributed by atoms with Crippen molar-refractivity contribution in [1.82, 2.24) is 25.1 Å². The molecule has 0 aliphatic carbocycles. The van der Waals surface area contributed by atoms with Crippen LogP contribution in [0.3, 0.4) is 0 Å². The highest BCUT2D eigenvalue weighted by atomic mass is 15.6. The largest absolute Gasteiger partial charge is 0.339 e. The maximum atomic E-state index is 4.27. The van der Waals surface area contributed by atoms with E-state index in [1.807, 2.05) is 35.0 Å². The average Bonchev–Trinajstić information content (AvgIpc) is 3.25. The number of likely N-dealkylation sites (tertiary alicyclic amines) is 1. The number of para-hydroxylation sites is 1. The summed E-state index contributed by atoms with van der Waals surface area (Å²) in [6, 6.07) is 11.6. The van der Waals surface area contributed by atoms with Crippen molar-refractivity contribution in [3.63, 3.8) is 0 Å². The summed E-state index contributed by atoms with van der Waals surface area (Å²) in [6.45, 7) is 5.70. The first-order valence-corrected chi connectivity index (χ1v) is 8.67. The molecule has 0 spiro atoms. The van der Waals surface area contributed by atoms with Crippen LogP contribution in [0, 0.1) is 0 Å². The molecule has 2 aromatic rings. The van der Waals surface area contributed by atoms with E-state index in [1.54, 1.807) is 0 Å². The van der Waals surface area contributed by atoms with Gasteiger partial charge in [-0.15, -0.1) is 0 Å². The maximum absolute atomic E-state index is 4.27. The molecule has 4 rings (SSSR count). The van der Waals surface area contributed by atoms with E-state index in [1.165, 1.54) is 32.2 Å². The topological polar surface area (TPSA) is 50.1 Å². The van der Waals surface area contributed by atoms with Gasteiger partial charge in [-0.3, -0.25) is 4.90 Å².